The van der Waals surface area contributed by atoms with E-state index in [0.29, 0.717) is 18.2 Å². The van der Waals surface area contributed by atoms with Gasteiger partial charge in [-0.05, 0) is 30.5 Å². The molecule has 1 aliphatic rings. The molecule has 4 nitrogen and oxygen atoms in total. The fourth-order valence-electron chi connectivity index (χ4n) is 2.60. The van der Waals surface area contributed by atoms with Gasteiger partial charge < -0.3 is 0 Å². The maximum absolute atomic E-state index is 11.8. The molecule has 0 aromatic heterocycles. The molecule has 126 valence electrons. The average Bonchev–Trinajstić information content (AvgIpc) is 2.55. The largest absolute Gasteiger partial charge is 0.291 e. The van der Waals surface area contributed by atoms with Gasteiger partial charge in [-0.3, -0.25) is 19.8 Å². The van der Waals surface area contributed by atoms with E-state index >= 15 is 0 Å². The second-order valence-electron chi connectivity index (χ2n) is 6.45. The number of benzene rings is 1. The number of rotatable bonds is 6. The van der Waals surface area contributed by atoms with Gasteiger partial charge in [0, 0.05) is 23.4 Å². The summed E-state index contributed by atoms with van der Waals surface area (Å²) in [5.74, 6) is 1.08. The number of aliphatic imine (C=N–C) groups is 1. The average molecular weight is 334 g/mol. The molecule has 1 aliphatic heterocycles. The Bertz CT molecular complexity index is 609. The van der Waals surface area contributed by atoms with Crippen molar-refractivity contribution in [2.75, 3.05) is 5.75 Å². The van der Waals surface area contributed by atoms with E-state index in [9.17, 15) is 4.21 Å². The number of hydrogen-bond donors (Lipinski definition) is 2. The van der Waals surface area contributed by atoms with E-state index in [2.05, 4.69) is 43.0 Å². The van der Waals surface area contributed by atoms with Crippen molar-refractivity contribution < 1.29 is 4.21 Å². The van der Waals surface area contributed by atoms with Crippen LogP contribution >= 0.6 is 0 Å². The summed E-state index contributed by atoms with van der Waals surface area (Å²) < 4.78 is 11.8. The Morgan fingerprint density at radius 3 is 2.61 bits per heavy atom. The zero-order chi connectivity index (χ0) is 17.0. The van der Waals surface area contributed by atoms with Crippen molar-refractivity contribution in [2.45, 2.75) is 50.8 Å². The van der Waals surface area contributed by atoms with Crippen molar-refractivity contribution in [3.8, 4) is 0 Å². The lowest BCUT2D eigenvalue weighted by atomic mass is 9.97. The molecule has 0 saturated heterocycles. The van der Waals surface area contributed by atoms with Gasteiger partial charge >= 0.3 is 0 Å². The van der Waals surface area contributed by atoms with Gasteiger partial charge in [0.25, 0.3) is 0 Å². The summed E-state index contributed by atoms with van der Waals surface area (Å²) in [6.07, 6.45) is 1.88. The summed E-state index contributed by atoms with van der Waals surface area (Å²) in [7, 11) is -0.893. The van der Waals surface area contributed by atoms with Gasteiger partial charge in [-0.1, -0.05) is 39.5 Å². The Morgan fingerprint density at radius 1 is 1.39 bits per heavy atom. The van der Waals surface area contributed by atoms with Gasteiger partial charge in [0.1, 0.15) is 5.66 Å². The molecule has 0 fully saturated rings. The van der Waals surface area contributed by atoms with Crippen molar-refractivity contribution in [1.29, 1.82) is 0 Å². The van der Waals surface area contributed by atoms with Crippen LogP contribution in [0.15, 0.2) is 46.4 Å². The first kappa shape index (κ1) is 18.0. The first-order valence-corrected chi connectivity index (χ1v) is 9.40. The molecule has 2 unspecified atom stereocenters. The smallest absolute Gasteiger partial charge is 0.103 e. The van der Waals surface area contributed by atoms with Crippen molar-refractivity contribution in [2.24, 2.45) is 10.9 Å². The highest BCUT2D eigenvalue weighted by Gasteiger charge is 2.31. The quantitative estimate of drug-likeness (QED) is 0.842. The van der Waals surface area contributed by atoms with Crippen molar-refractivity contribution in [3.63, 3.8) is 0 Å². The minimum Gasteiger partial charge on any atom is -0.291 e. The Kier molecular flexibility index (Phi) is 5.89. The van der Waals surface area contributed by atoms with Crippen molar-refractivity contribution >= 4 is 17.0 Å². The molecular weight excluding hydrogens is 306 g/mol. The van der Waals surface area contributed by atoms with Crippen LogP contribution in [0.2, 0.25) is 0 Å². The molecule has 0 saturated carbocycles. The Hall–Kier alpha value is -1.30. The van der Waals surface area contributed by atoms with Crippen LogP contribution < -0.4 is 10.6 Å². The molecule has 0 bridgehead atoms. The molecule has 3 atom stereocenters. The minimum absolute atomic E-state index is 0.173. The lowest BCUT2D eigenvalue weighted by Crippen LogP contribution is -2.62. The first-order valence-electron chi connectivity index (χ1n) is 8.08. The summed E-state index contributed by atoms with van der Waals surface area (Å²) in [5.41, 5.74) is 1.68. The molecule has 1 heterocycles. The van der Waals surface area contributed by atoms with E-state index < -0.39 is 10.8 Å². The monoisotopic (exact) mass is 333 g/mol. The van der Waals surface area contributed by atoms with Gasteiger partial charge in [-0.2, -0.15) is 0 Å². The SMILES string of the molecule is C=C1N=CC(C)(NCc2ccc(S(=O)CC)cc2)N[C@H]1C(C)C. The van der Waals surface area contributed by atoms with Crippen molar-refractivity contribution in [3.05, 3.63) is 42.1 Å². The van der Waals surface area contributed by atoms with Crippen LogP contribution in [0.5, 0.6) is 0 Å². The highest BCUT2D eigenvalue weighted by atomic mass is 32.2. The second kappa shape index (κ2) is 7.51. The van der Waals surface area contributed by atoms with Gasteiger partial charge in [0.2, 0.25) is 0 Å². The predicted molar refractivity (Wildman–Crippen MR) is 98.0 cm³/mol. The standard InChI is InChI=1S/C18H27N3OS/c1-6-23(22)16-9-7-15(8-10-16)11-20-18(5)12-19-14(4)17(21-18)13(2)3/h7-10,12-13,17,20-21H,4,6,11H2,1-3,5H3/t17-,18?,23?/m0/s1. The molecule has 0 amide bonds. The molecule has 1 aromatic carbocycles. The van der Waals surface area contributed by atoms with Crippen molar-refractivity contribution in [1.82, 2.24) is 10.6 Å². The maximum atomic E-state index is 11.8. The zero-order valence-corrected chi connectivity index (χ0v) is 15.2. The van der Waals surface area contributed by atoms with Crippen LogP contribution in [0, 0.1) is 5.92 Å². The van der Waals surface area contributed by atoms with E-state index in [-0.39, 0.29) is 11.7 Å². The highest BCUT2D eigenvalue weighted by Crippen LogP contribution is 2.19. The van der Waals surface area contributed by atoms with Gasteiger partial charge in [0.15, 0.2) is 0 Å². The zero-order valence-electron chi connectivity index (χ0n) is 14.4. The number of nitrogens with one attached hydrogen (secondary N) is 2. The van der Waals surface area contributed by atoms with E-state index in [1.807, 2.05) is 37.4 Å². The molecule has 2 N–H and O–H groups in total. The van der Waals surface area contributed by atoms with E-state index in [1.54, 1.807) is 0 Å². The van der Waals surface area contributed by atoms with Gasteiger partial charge in [-0.15, -0.1) is 0 Å². The van der Waals surface area contributed by atoms with Gasteiger partial charge in [-0.25, -0.2) is 0 Å². The summed E-state index contributed by atoms with van der Waals surface area (Å²) in [5, 5.41) is 7.08. The molecule has 5 heteroatoms. The summed E-state index contributed by atoms with van der Waals surface area (Å²) in [4.78, 5) is 5.35. The van der Waals surface area contributed by atoms with E-state index in [0.717, 1.165) is 16.2 Å². The molecule has 0 aliphatic carbocycles. The highest BCUT2D eigenvalue weighted by molar-refractivity contribution is 7.85. The fraction of sp³-hybridized carbons (Fsp3) is 0.500. The lowest BCUT2D eigenvalue weighted by molar-refractivity contribution is 0.302. The molecule has 0 spiro atoms. The molecule has 0 radical (unpaired) electrons. The Balaban J connectivity index is 2.01. The Labute approximate surface area is 141 Å². The van der Waals surface area contributed by atoms with Crippen LogP contribution in [-0.4, -0.2) is 27.9 Å². The minimum atomic E-state index is -0.893. The van der Waals surface area contributed by atoms with Crippen LogP contribution in [0.25, 0.3) is 0 Å². The second-order valence-corrected chi connectivity index (χ2v) is 8.19. The van der Waals surface area contributed by atoms with Crippen LogP contribution in [0.3, 0.4) is 0 Å². The predicted octanol–water partition coefficient (Wildman–Crippen LogP) is 2.83. The third kappa shape index (κ3) is 4.59. The van der Waals surface area contributed by atoms with Crippen LogP contribution in [-0.2, 0) is 17.3 Å². The van der Waals surface area contributed by atoms with Gasteiger partial charge in [0.05, 0.1) is 22.5 Å². The fourth-order valence-corrected chi connectivity index (χ4v) is 3.37. The molecule has 23 heavy (non-hydrogen) atoms. The number of hydrogen-bond acceptors (Lipinski definition) is 4. The molecule has 2 rings (SSSR count). The van der Waals surface area contributed by atoms with Crippen LogP contribution in [0.4, 0.5) is 0 Å². The summed E-state index contributed by atoms with van der Waals surface area (Å²) in [6.45, 7) is 13.1. The third-order valence-electron chi connectivity index (χ3n) is 4.08. The summed E-state index contributed by atoms with van der Waals surface area (Å²) in [6, 6.07) is 8.11. The molecular formula is C18H27N3OS. The van der Waals surface area contributed by atoms with E-state index in [1.165, 1.54) is 0 Å². The maximum Gasteiger partial charge on any atom is 0.103 e. The lowest BCUT2D eigenvalue weighted by Gasteiger charge is -2.38. The van der Waals surface area contributed by atoms with Crippen LogP contribution in [0.1, 0.15) is 33.3 Å². The molecule has 1 aromatic rings. The normalized spacial score (nSPS) is 25.8. The topological polar surface area (TPSA) is 53.5 Å². The Morgan fingerprint density at radius 2 is 2.04 bits per heavy atom. The summed E-state index contributed by atoms with van der Waals surface area (Å²) >= 11 is 0. The number of nitrogens with zero attached hydrogens (tertiary/aromatic N) is 1. The van der Waals surface area contributed by atoms with E-state index in [4.69, 9.17) is 0 Å². The third-order valence-corrected chi connectivity index (χ3v) is 5.40. The first-order chi connectivity index (χ1) is 10.8.